The van der Waals surface area contributed by atoms with Gasteiger partial charge < -0.3 is 52.3 Å². The zero-order chi connectivity index (χ0) is 27.7. The predicted molar refractivity (Wildman–Crippen MR) is 121 cm³/mol. The minimum absolute atomic E-state index is 0.206. The zero-order valence-corrected chi connectivity index (χ0v) is 20.0. The number of aliphatic hydroxyl groups is 1. The highest BCUT2D eigenvalue weighted by Crippen LogP contribution is 1.61. The average molecular weight is 491 g/mol. The van der Waals surface area contributed by atoms with Crippen LogP contribution in [0.2, 0.25) is 0 Å². The van der Waals surface area contributed by atoms with Crippen molar-refractivity contribution in [1.82, 2.24) is 16.0 Å². The van der Waals surface area contributed by atoms with Crippen molar-refractivity contribution in [3.05, 3.63) is 0 Å². The number of rotatable bonds is 10. The van der Waals surface area contributed by atoms with Crippen LogP contribution < -0.4 is 21.7 Å². The van der Waals surface area contributed by atoms with Gasteiger partial charge in [0, 0.05) is 80.4 Å². The minimum atomic E-state index is -0.833. The van der Waals surface area contributed by atoms with E-state index in [9.17, 15) is 0 Å². The van der Waals surface area contributed by atoms with Crippen molar-refractivity contribution in [1.29, 1.82) is 0 Å². The Morgan fingerprint density at radius 1 is 0.515 bits per heavy atom. The molecule has 0 aromatic carbocycles. The van der Waals surface area contributed by atoms with Gasteiger partial charge in [0.1, 0.15) is 0 Å². The summed E-state index contributed by atoms with van der Waals surface area (Å²) in [6.07, 6.45) is 0. The molecule has 0 heterocycles. The Bertz CT molecular complexity index is 365. The summed E-state index contributed by atoms with van der Waals surface area (Å²) >= 11 is 0. The first-order valence-electron chi connectivity index (χ1n) is 9.48. The molecule has 0 bridgehead atoms. The normalized spacial score (nSPS) is 7.97. The molecule has 0 aliphatic heterocycles. The molecule has 0 rings (SSSR count). The zero-order valence-electron chi connectivity index (χ0n) is 20.0. The fraction of sp³-hybridized carbons (Fsp3) is 0.722. The smallest absolute Gasteiger partial charge is 0.300 e. The van der Waals surface area contributed by atoms with E-state index >= 15 is 0 Å². The van der Waals surface area contributed by atoms with Crippen molar-refractivity contribution in [2.75, 3.05) is 52.4 Å². The maximum Gasteiger partial charge on any atom is 0.300 e. The Morgan fingerprint density at radius 3 is 0.879 bits per heavy atom. The molecule has 15 heteroatoms. The predicted octanol–water partition coefficient (Wildman–Crippen LogP) is -1.84. The average Bonchev–Trinajstić information content (AvgIpc) is 2.58. The van der Waals surface area contributed by atoms with Crippen LogP contribution in [0.1, 0.15) is 34.6 Å². The molecule has 15 nitrogen and oxygen atoms in total. The number of carboxylic acids is 5. The molecule has 0 atom stereocenters. The van der Waals surface area contributed by atoms with Crippen LogP contribution in [0.3, 0.4) is 0 Å². The van der Waals surface area contributed by atoms with Gasteiger partial charge in [0.15, 0.2) is 0 Å². The lowest BCUT2D eigenvalue weighted by Crippen LogP contribution is -2.34. The number of hydrogen-bond donors (Lipinski definition) is 10. The number of aliphatic carboxylic acids is 5. The molecule has 0 aromatic heterocycles. The van der Waals surface area contributed by atoms with Gasteiger partial charge in [0.05, 0.1) is 6.61 Å². The molecule has 0 unspecified atom stereocenters. The van der Waals surface area contributed by atoms with E-state index in [1.807, 2.05) is 0 Å². The fourth-order valence-electron chi connectivity index (χ4n) is 0.910. The molecular weight excluding hydrogens is 448 g/mol. The maximum absolute atomic E-state index is 9.00. The third-order valence-corrected chi connectivity index (χ3v) is 1.57. The largest absolute Gasteiger partial charge is 0.481 e. The summed E-state index contributed by atoms with van der Waals surface area (Å²) < 4.78 is 0. The van der Waals surface area contributed by atoms with E-state index in [0.717, 1.165) is 67.3 Å². The quantitative estimate of drug-likeness (QED) is 0.151. The van der Waals surface area contributed by atoms with Gasteiger partial charge in [-0.05, 0) is 0 Å². The SMILES string of the molecule is CC(=O)O.CC(=O)O.CC(=O)O.CC(=O)O.CC(=O)O.NCCNCCNCCNCCO. The second kappa shape index (κ2) is 43.1. The summed E-state index contributed by atoms with van der Waals surface area (Å²) in [5.41, 5.74) is 5.31. The molecule has 0 fully saturated rings. The topological polar surface area (TPSA) is 269 Å². The number of carbonyl (C=O) groups is 5. The van der Waals surface area contributed by atoms with Crippen molar-refractivity contribution in [2.45, 2.75) is 34.6 Å². The molecule has 0 amide bonds. The van der Waals surface area contributed by atoms with E-state index in [4.69, 9.17) is 60.3 Å². The van der Waals surface area contributed by atoms with Gasteiger partial charge >= 0.3 is 0 Å². The van der Waals surface area contributed by atoms with Crippen LogP contribution in [-0.4, -0.2) is 113 Å². The molecule has 0 saturated heterocycles. The summed E-state index contributed by atoms with van der Waals surface area (Å²) in [6, 6.07) is 0. The molecular formula is C18H42N4O11. The van der Waals surface area contributed by atoms with Crippen molar-refractivity contribution >= 4 is 29.8 Å². The van der Waals surface area contributed by atoms with E-state index in [1.165, 1.54) is 0 Å². The van der Waals surface area contributed by atoms with Crippen LogP contribution in [-0.2, 0) is 24.0 Å². The number of nitrogens with two attached hydrogens (primary N) is 1. The summed E-state index contributed by atoms with van der Waals surface area (Å²) in [5.74, 6) is -4.17. The highest BCUT2D eigenvalue weighted by atomic mass is 16.4. The van der Waals surface area contributed by atoms with Gasteiger partial charge in [-0.3, -0.25) is 24.0 Å². The molecule has 0 saturated carbocycles. The van der Waals surface area contributed by atoms with E-state index < -0.39 is 29.8 Å². The molecule has 0 aliphatic rings. The third kappa shape index (κ3) is 420. The molecule has 11 N–H and O–H groups in total. The first-order valence-corrected chi connectivity index (χ1v) is 9.48. The lowest BCUT2D eigenvalue weighted by molar-refractivity contribution is -0.135. The van der Waals surface area contributed by atoms with Crippen molar-refractivity contribution in [3.63, 3.8) is 0 Å². The number of aliphatic hydroxyl groups excluding tert-OH is 1. The van der Waals surface area contributed by atoms with E-state index in [2.05, 4.69) is 16.0 Å². The molecule has 0 aromatic rings. The number of nitrogens with one attached hydrogen (secondary N) is 3. The molecule has 0 aliphatic carbocycles. The van der Waals surface area contributed by atoms with Crippen molar-refractivity contribution in [2.24, 2.45) is 5.73 Å². The summed E-state index contributed by atoms with van der Waals surface area (Å²) in [6.45, 7) is 11.6. The third-order valence-electron chi connectivity index (χ3n) is 1.57. The fourth-order valence-corrected chi connectivity index (χ4v) is 0.910. The van der Waals surface area contributed by atoms with Gasteiger partial charge in [0.25, 0.3) is 29.8 Å². The van der Waals surface area contributed by atoms with E-state index in [-0.39, 0.29) is 6.61 Å². The Balaban J connectivity index is -0.0000000754. The maximum atomic E-state index is 9.00. The van der Waals surface area contributed by atoms with Gasteiger partial charge in [-0.15, -0.1) is 0 Å². The van der Waals surface area contributed by atoms with Gasteiger partial charge in [-0.25, -0.2) is 0 Å². The molecule has 33 heavy (non-hydrogen) atoms. The number of carboxylic acid groups (broad SMARTS) is 5. The number of hydrogen-bond acceptors (Lipinski definition) is 10. The minimum Gasteiger partial charge on any atom is -0.481 e. The highest BCUT2D eigenvalue weighted by molar-refractivity contribution is 5.63. The second-order valence-corrected chi connectivity index (χ2v) is 5.36. The standard InChI is InChI=1S/C8H22N4O.5C2H4O2/c9-1-2-10-3-4-11-5-6-12-7-8-13;5*1-2(3)4/h10-13H,1-9H2;5*1H3,(H,3,4). The van der Waals surface area contributed by atoms with Gasteiger partial charge in [-0.2, -0.15) is 0 Å². The molecule has 0 radical (unpaired) electrons. The lowest BCUT2D eigenvalue weighted by Gasteiger charge is -2.06. The van der Waals surface area contributed by atoms with Gasteiger partial charge in [-0.1, -0.05) is 0 Å². The molecule has 200 valence electrons. The van der Waals surface area contributed by atoms with E-state index in [1.54, 1.807) is 0 Å². The van der Waals surface area contributed by atoms with Crippen LogP contribution in [0.5, 0.6) is 0 Å². The molecule has 0 spiro atoms. The summed E-state index contributed by atoms with van der Waals surface area (Å²) in [7, 11) is 0. The van der Waals surface area contributed by atoms with Crippen LogP contribution in [0.25, 0.3) is 0 Å². The Labute approximate surface area is 194 Å². The first-order chi connectivity index (χ1) is 15.1. The van der Waals surface area contributed by atoms with Crippen LogP contribution >= 0.6 is 0 Å². The Morgan fingerprint density at radius 2 is 0.697 bits per heavy atom. The Hall–Kier alpha value is -2.85. The van der Waals surface area contributed by atoms with Crippen molar-refractivity contribution < 1.29 is 54.6 Å². The lowest BCUT2D eigenvalue weighted by atomic mass is 10.5. The highest BCUT2D eigenvalue weighted by Gasteiger charge is 1.87. The van der Waals surface area contributed by atoms with E-state index in [0.29, 0.717) is 13.1 Å². The second-order valence-electron chi connectivity index (χ2n) is 5.36. The summed E-state index contributed by atoms with van der Waals surface area (Å²) in [4.78, 5) is 45.0. The first kappa shape index (κ1) is 43.9. The Kier molecular flexibility index (Phi) is 57.4. The van der Waals surface area contributed by atoms with Gasteiger partial charge in [0.2, 0.25) is 0 Å². The van der Waals surface area contributed by atoms with Crippen LogP contribution in [0.4, 0.5) is 0 Å². The van der Waals surface area contributed by atoms with Crippen molar-refractivity contribution in [3.8, 4) is 0 Å². The van der Waals surface area contributed by atoms with Crippen LogP contribution in [0, 0.1) is 0 Å². The monoisotopic (exact) mass is 490 g/mol. The van der Waals surface area contributed by atoms with Crippen LogP contribution in [0.15, 0.2) is 0 Å². The summed E-state index contributed by atoms with van der Waals surface area (Å²) in [5, 5.41) is 55.1.